The minimum absolute atomic E-state index is 0.0172. The van der Waals surface area contributed by atoms with E-state index in [1.54, 1.807) is 12.0 Å². The molecule has 0 bridgehead atoms. The van der Waals surface area contributed by atoms with Gasteiger partial charge in [-0.15, -0.1) is 0 Å². The molecule has 0 aromatic heterocycles. The fraction of sp³-hybridized carbons (Fsp3) is 0.438. The van der Waals surface area contributed by atoms with Crippen molar-refractivity contribution in [3.05, 3.63) is 35.1 Å². The molecule has 0 saturated heterocycles. The van der Waals surface area contributed by atoms with Gasteiger partial charge >= 0.3 is 0 Å². The van der Waals surface area contributed by atoms with Crippen LogP contribution >= 0.6 is 0 Å². The predicted octanol–water partition coefficient (Wildman–Crippen LogP) is 1.63. The van der Waals surface area contributed by atoms with Crippen LogP contribution in [0.15, 0.2) is 18.2 Å². The van der Waals surface area contributed by atoms with E-state index in [-0.39, 0.29) is 24.1 Å². The summed E-state index contributed by atoms with van der Waals surface area (Å²) in [6, 6.07) is 4.11. The van der Waals surface area contributed by atoms with Crippen LogP contribution in [0.1, 0.15) is 29.8 Å². The van der Waals surface area contributed by atoms with Crippen molar-refractivity contribution in [1.82, 2.24) is 4.90 Å². The number of hydrogen-bond acceptors (Lipinski definition) is 3. The molecule has 0 fully saturated rings. The summed E-state index contributed by atoms with van der Waals surface area (Å²) in [7, 11) is 1.57. The van der Waals surface area contributed by atoms with E-state index >= 15 is 0 Å². The molecular weight excluding hydrogens is 271 g/mol. The molecule has 2 N–H and O–H groups in total. The van der Waals surface area contributed by atoms with Gasteiger partial charge in [-0.3, -0.25) is 4.79 Å². The Morgan fingerprint density at radius 1 is 1.52 bits per heavy atom. The Bertz CT molecular complexity index is 549. The van der Waals surface area contributed by atoms with Gasteiger partial charge < -0.3 is 15.4 Å². The number of hydrogen-bond donors (Lipinski definition) is 1. The van der Waals surface area contributed by atoms with Gasteiger partial charge in [0.1, 0.15) is 5.82 Å². The highest BCUT2D eigenvalue weighted by Crippen LogP contribution is 2.15. The molecule has 1 atom stereocenters. The molecule has 0 saturated carbocycles. The molecule has 21 heavy (non-hydrogen) atoms. The van der Waals surface area contributed by atoms with Crippen LogP contribution in [0.25, 0.3) is 0 Å². The second kappa shape index (κ2) is 8.40. The van der Waals surface area contributed by atoms with Crippen molar-refractivity contribution in [2.45, 2.75) is 19.9 Å². The molecule has 0 aliphatic carbocycles. The van der Waals surface area contributed by atoms with E-state index in [0.717, 1.165) is 0 Å². The van der Waals surface area contributed by atoms with E-state index in [9.17, 15) is 9.18 Å². The number of nitrogens with zero attached hydrogens (tertiary/aromatic N) is 1. The number of methoxy groups -OCH3 is 1. The van der Waals surface area contributed by atoms with Crippen LogP contribution in [0.4, 0.5) is 4.39 Å². The Morgan fingerprint density at radius 3 is 2.81 bits per heavy atom. The van der Waals surface area contributed by atoms with E-state index in [1.165, 1.54) is 18.2 Å². The molecule has 0 aliphatic heterocycles. The number of nitrogens with two attached hydrogens (primary N) is 1. The maximum atomic E-state index is 13.9. The lowest BCUT2D eigenvalue weighted by Crippen LogP contribution is -2.41. The number of benzene rings is 1. The number of amides is 1. The lowest BCUT2D eigenvalue weighted by molar-refractivity contribution is 0.0575. The minimum atomic E-state index is -0.554. The Morgan fingerprint density at radius 2 is 2.24 bits per heavy atom. The summed E-state index contributed by atoms with van der Waals surface area (Å²) in [5, 5.41) is 0. The van der Waals surface area contributed by atoms with E-state index < -0.39 is 5.82 Å². The van der Waals surface area contributed by atoms with E-state index in [4.69, 9.17) is 10.5 Å². The Kier molecular flexibility index (Phi) is 6.86. The van der Waals surface area contributed by atoms with Crippen LogP contribution in [0, 0.1) is 17.7 Å². The van der Waals surface area contributed by atoms with Gasteiger partial charge in [-0.2, -0.15) is 0 Å². The summed E-state index contributed by atoms with van der Waals surface area (Å²) in [6.45, 7) is 4.79. The summed E-state index contributed by atoms with van der Waals surface area (Å²) >= 11 is 0. The lowest BCUT2D eigenvalue weighted by atomic mass is 10.1. The zero-order chi connectivity index (χ0) is 15.8. The summed E-state index contributed by atoms with van der Waals surface area (Å²) in [5.74, 6) is 4.57. The number of halogens is 1. The zero-order valence-electron chi connectivity index (χ0n) is 12.6. The van der Waals surface area contributed by atoms with Crippen LogP contribution < -0.4 is 5.73 Å². The second-order valence-corrected chi connectivity index (χ2v) is 4.60. The molecule has 0 radical (unpaired) electrons. The third-order valence-electron chi connectivity index (χ3n) is 3.07. The molecule has 1 amide bonds. The fourth-order valence-corrected chi connectivity index (χ4v) is 2.06. The maximum Gasteiger partial charge on any atom is 0.257 e. The summed E-state index contributed by atoms with van der Waals surface area (Å²) < 4.78 is 19.0. The summed E-state index contributed by atoms with van der Waals surface area (Å²) in [4.78, 5) is 14.1. The third kappa shape index (κ3) is 4.55. The van der Waals surface area contributed by atoms with Crippen LogP contribution in [0.2, 0.25) is 0 Å². The van der Waals surface area contributed by atoms with Gasteiger partial charge in [-0.25, -0.2) is 4.39 Å². The molecule has 114 valence electrons. The monoisotopic (exact) mass is 292 g/mol. The second-order valence-electron chi connectivity index (χ2n) is 4.60. The van der Waals surface area contributed by atoms with Crippen molar-refractivity contribution < 1.29 is 13.9 Å². The highest BCUT2D eigenvalue weighted by atomic mass is 19.1. The highest BCUT2D eigenvalue weighted by molar-refractivity contribution is 5.95. The standard InChI is InChI=1S/C16H21FN2O2/c1-4-19(12(2)11-21-3)16(20)14-10-13(6-5-9-18)7-8-15(14)17/h7-8,10,12H,4,9,11,18H2,1-3H3. The first-order valence-electron chi connectivity index (χ1n) is 6.83. The number of likely N-dealkylation sites (N-methyl/N-ethyl adjacent to an activating group) is 1. The van der Waals surface area contributed by atoms with Crippen LogP contribution in [0.3, 0.4) is 0 Å². The van der Waals surface area contributed by atoms with Crippen molar-refractivity contribution in [3.63, 3.8) is 0 Å². The minimum Gasteiger partial charge on any atom is -0.383 e. The predicted molar refractivity (Wildman–Crippen MR) is 80.4 cm³/mol. The fourth-order valence-electron chi connectivity index (χ4n) is 2.06. The molecule has 1 aromatic carbocycles. The zero-order valence-corrected chi connectivity index (χ0v) is 12.6. The molecular formula is C16H21FN2O2. The van der Waals surface area contributed by atoms with E-state index in [2.05, 4.69) is 11.8 Å². The number of carbonyl (C=O) groups is 1. The average molecular weight is 292 g/mol. The van der Waals surface area contributed by atoms with E-state index in [0.29, 0.717) is 18.7 Å². The van der Waals surface area contributed by atoms with Gasteiger partial charge in [-0.05, 0) is 32.0 Å². The van der Waals surface area contributed by atoms with Gasteiger partial charge in [0, 0.05) is 19.2 Å². The summed E-state index contributed by atoms with van der Waals surface area (Å²) in [6.07, 6.45) is 0. The summed E-state index contributed by atoms with van der Waals surface area (Å²) in [5.41, 5.74) is 5.90. The topological polar surface area (TPSA) is 55.6 Å². The van der Waals surface area contributed by atoms with Gasteiger partial charge in [0.2, 0.25) is 0 Å². The quantitative estimate of drug-likeness (QED) is 0.839. The average Bonchev–Trinajstić information content (AvgIpc) is 2.47. The van der Waals surface area contributed by atoms with Crippen molar-refractivity contribution in [1.29, 1.82) is 0 Å². The van der Waals surface area contributed by atoms with E-state index in [1.807, 2.05) is 13.8 Å². The Hall–Kier alpha value is -1.90. The van der Waals surface area contributed by atoms with Crippen molar-refractivity contribution in [2.75, 3.05) is 26.8 Å². The molecule has 0 spiro atoms. The van der Waals surface area contributed by atoms with Crippen molar-refractivity contribution in [3.8, 4) is 11.8 Å². The van der Waals surface area contributed by atoms with Gasteiger partial charge in [-0.1, -0.05) is 11.8 Å². The smallest absolute Gasteiger partial charge is 0.257 e. The first-order valence-corrected chi connectivity index (χ1v) is 6.83. The Balaban J connectivity index is 3.09. The largest absolute Gasteiger partial charge is 0.383 e. The van der Waals surface area contributed by atoms with Crippen LogP contribution in [-0.2, 0) is 4.74 Å². The maximum absolute atomic E-state index is 13.9. The molecule has 0 aliphatic rings. The molecule has 1 aromatic rings. The third-order valence-corrected chi connectivity index (χ3v) is 3.07. The first kappa shape index (κ1) is 17.2. The molecule has 1 unspecified atom stereocenters. The van der Waals surface area contributed by atoms with Crippen molar-refractivity contribution >= 4 is 5.91 Å². The van der Waals surface area contributed by atoms with Crippen molar-refractivity contribution in [2.24, 2.45) is 5.73 Å². The van der Waals surface area contributed by atoms with Crippen LogP contribution in [0.5, 0.6) is 0 Å². The van der Waals surface area contributed by atoms with Gasteiger partial charge in [0.25, 0.3) is 5.91 Å². The van der Waals surface area contributed by atoms with Gasteiger partial charge in [0.05, 0.1) is 24.8 Å². The van der Waals surface area contributed by atoms with Crippen LogP contribution in [-0.4, -0.2) is 43.7 Å². The highest BCUT2D eigenvalue weighted by Gasteiger charge is 2.22. The number of ether oxygens (including phenoxy) is 1. The molecule has 4 nitrogen and oxygen atoms in total. The molecule has 0 heterocycles. The number of carbonyl (C=O) groups excluding carboxylic acids is 1. The SMILES string of the molecule is CCN(C(=O)c1cc(C#CCN)ccc1F)C(C)COC. The first-order chi connectivity index (χ1) is 10.0. The molecule has 5 heteroatoms. The lowest BCUT2D eigenvalue weighted by Gasteiger charge is -2.27. The molecule has 1 rings (SSSR count). The Labute approximate surface area is 125 Å². The number of rotatable bonds is 5. The van der Waals surface area contributed by atoms with Gasteiger partial charge in [0.15, 0.2) is 0 Å². The normalized spacial score (nSPS) is 11.5.